The van der Waals surface area contributed by atoms with Gasteiger partial charge in [0.05, 0.1) is 16.3 Å². The van der Waals surface area contributed by atoms with Crippen LogP contribution < -0.4 is 10.9 Å². The number of aromatic nitrogens is 1. The zero-order chi connectivity index (χ0) is 14.7. The Morgan fingerprint density at radius 2 is 2.10 bits per heavy atom. The molecule has 0 unspecified atom stereocenters. The summed E-state index contributed by atoms with van der Waals surface area (Å²) in [5.74, 6) is -0.378. The van der Waals surface area contributed by atoms with E-state index in [-0.39, 0.29) is 17.0 Å². The van der Waals surface area contributed by atoms with E-state index < -0.39 is 0 Å². The van der Waals surface area contributed by atoms with Gasteiger partial charge in [0.15, 0.2) is 0 Å². The van der Waals surface area contributed by atoms with Crippen molar-refractivity contribution >= 4 is 23.2 Å². The lowest BCUT2D eigenvalue weighted by Gasteiger charge is -2.07. The zero-order valence-corrected chi connectivity index (χ0v) is 11.3. The van der Waals surface area contributed by atoms with Gasteiger partial charge in [-0.15, -0.1) is 0 Å². The molecular weight excluding hydrogens is 278 g/mol. The second kappa shape index (κ2) is 5.59. The third-order valence-electron chi connectivity index (χ3n) is 2.69. The molecule has 6 heteroatoms. The van der Waals surface area contributed by atoms with Gasteiger partial charge in [-0.05, 0) is 24.3 Å². The highest BCUT2D eigenvalue weighted by atomic mass is 35.5. The molecule has 0 bridgehead atoms. The van der Waals surface area contributed by atoms with E-state index in [0.29, 0.717) is 16.3 Å². The van der Waals surface area contributed by atoms with Crippen molar-refractivity contribution in [3.8, 4) is 6.07 Å². The van der Waals surface area contributed by atoms with Gasteiger partial charge in [0.25, 0.3) is 5.91 Å². The molecule has 0 atom stereocenters. The molecule has 1 aromatic carbocycles. The number of amides is 1. The molecule has 1 N–H and O–H groups in total. The molecule has 0 saturated heterocycles. The van der Waals surface area contributed by atoms with Crippen LogP contribution in [0.1, 0.15) is 15.9 Å². The van der Waals surface area contributed by atoms with Crippen LogP contribution in [0.3, 0.4) is 0 Å². The van der Waals surface area contributed by atoms with Gasteiger partial charge in [-0.25, -0.2) is 0 Å². The van der Waals surface area contributed by atoms with Crippen molar-refractivity contribution in [1.29, 1.82) is 5.26 Å². The van der Waals surface area contributed by atoms with Gasteiger partial charge in [0.1, 0.15) is 6.07 Å². The first-order chi connectivity index (χ1) is 9.51. The first-order valence-corrected chi connectivity index (χ1v) is 6.07. The molecule has 0 aliphatic rings. The Labute approximate surface area is 120 Å². The molecule has 2 aromatic rings. The number of nitriles is 1. The van der Waals surface area contributed by atoms with Crippen molar-refractivity contribution in [3.63, 3.8) is 0 Å². The molecule has 0 aliphatic heterocycles. The number of hydrogen-bond donors (Lipinski definition) is 1. The second-order valence-electron chi connectivity index (χ2n) is 4.13. The standard InChI is InChI=1S/C14H10ClN3O2/c1-18-8-11(3-5-13(18)19)17-14(20)9-2-4-12(15)10(6-9)7-16/h2-6,8H,1H3,(H,17,20). The number of benzene rings is 1. The maximum Gasteiger partial charge on any atom is 0.255 e. The second-order valence-corrected chi connectivity index (χ2v) is 4.53. The van der Waals surface area contributed by atoms with Crippen LogP contribution in [-0.2, 0) is 7.05 Å². The molecule has 100 valence electrons. The molecule has 20 heavy (non-hydrogen) atoms. The monoisotopic (exact) mass is 287 g/mol. The summed E-state index contributed by atoms with van der Waals surface area (Å²) < 4.78 is 1.36. The summed E-state index contributed by atoms with van der Waals surface area (Å²) >= 11 is 5.81. The van der Waals surface area contributed by atoms with Gasteiger partial charge < -0.3 is 9.88 Å². The topological polar surface area (TPSA) is 74.9 Å². The van der Waals surface area contributed by atoms with Gasteiger partial charge in [0.2, 0.25) is 5.56 Å². The number of halogens is 1. The molecule has 1 amide bonds. The number of pyridine rings is 1. The number of anilines is 1. The highest BCUT2D eigenvalue weighted by Gasteiger charge is 2.09. The molecule has 2 rings (SSSR count). The average Bonchev–Trinajstić information content (AvgIpc) is 2.43. The Hall–Kier alpha value is -2.58. The van der Waals surface area contributed by atoms with Gasteiger partial charge in [-0.2, -0.15) is 5.26 Å². The van der Waals surface area contributed by atoms with Crippen molar-refractivity contribution in [2.24, 2.45) is 7.05 Å². The lowest BCUT2D eigenvalue weighted by Crippen LogP contribution is -2.18. The predicted octanol–water partition coefficient (Wildman–Crippen LogP) is 2.16. The smallest absolute Gasteiger partial charge is 0.255 e. The van der Waals surface area contributed by atoms with Gasteiger partial charge >= 0.3 is 0 Å². The fourth-order valence-electron chi connectivity index (χ4n) is 1.62. The van der Waals surface area contributed by atoms with Gasteiger partial charge in [-0.1, -0.05) is 11.6 Å². The SMILES string of the molecule is Cn1cc(NC(=O)c2ccc(Cl)c(C#N)c2)ccc1=O. The summed E-state index contributed by atoms with van der Waals surface area (Å²) in [6, 6.07) is 9.23. The summed E-state index contributed by atoms with van der Waals surface area (Å²) in [6.07, 6.45) is 1.52. The summed E-state index contributed by atoms with van der Waals surface area (Å²) in [5, 5.41) is 11.8. The van der Waals surface area contributed by atoms with Crippen LogP contribution in [0.15, 0.2) is 41.3 Å². The summed E-state index contributed by atoms with van der Waals surface area (Å²) in [6.45, 7) is 0. The maximum absolute atomic E-state index is 12.0. The molecule has 0 radical (unpaired) electrons. The fraction of sp³-hybridized carbons (Fsp3) is 0.0714. The quantitative estimate of drug-likeness (QED) is 0.920. The number of nitrogens with one attached hydrogen (secondary N) is 1. The van der Waals surface area contributed by atoms with E-state index in [1.807, 2.05) is 6.07 Å². The third kappa shape index (κ3) is 2.87. The van der Waals surface area contributed by atoms with E-state index >= 15 is 0 Å². The van der Waals surface area contributed by atoms with Crippen molar-refractivity contribution < 1.29 is 4.79 Å². The number of carbonyl (C=O) groups is 1. The molecule has 0 spiro atoms. The van der Waals surface area contributed by atoms with Crippen LogP contribution >= 0.6 is 11.6 Å². The minimum Gasteiger partial charge on any atom is -0.321 e. The van der Waals surface area contributed by atoms with Gasteiger partial charge in [0, 0.05) is 24.9 Å². The van der Waals surface area contributed by atoms with Crippen LogP contribution in [0.4, 0.5) is 5.69 Å². The average molecular weight is 288 g/mol. The van der Waals surface area contributed by atoms with Crippen molar-refractivity contribution in [2.75, 3.05) is 5.32 Å². The first-order valence-electron chi connectivity index (χ1n) is 5.69. The first kappa shape index (κ1) is 13.8. The maximum atomic E-state index is 12.0. The Kier molecular flexibility index (Phi) is 3.87. The lowest BCUT2D eigenvalue weighted by atomic mass is 10.1. The van der Waals surface area contributed by atoms with E-state index in [1.165, 1.54) is 41.1 Å². The number of nitrogens with zero attached hydrogens (tertiary/aromatic N) is 2. The van der Waals surface area contributed by atoms with E-state index in [0.717, 1.165) is 0 Å². The largest absolute Gasteiger partial charge is 0.321 e. The molecule has 0 fully saturated rings. The minimum absolute atomic E-state index is 0.166. The molecule has 5 nitrogen and oxygen atoms in total. The number of aryl methyl sites for hydroxylation is 1. The van der Waals surface area contributed by atoms with Crippen LogP contribution in [0.2, 0.25) is 5.02 Å². The summed E-state index contributed by atoms with van der Waals surface area (Å²) in [7, 11) is 1.59. The van der Waals surface area contributed by atoms with Crippen molar-refractivity contribution in [3.05, 3.63) is 63.0 Å². The third-order valence-corrected chi connectivity index (χ3v) is 3.02. The summed E-state index contributed by atoms with van der Waals surface area (Å²) in [4.78, 5) is 23.3. The molecule has 1 aromatic heterocycles. The lowest BCUT2D eigenvalue weighted by molar-refractivity contribution is 0.102. The minimum atomic E-state index is -0.378. The number of hydrogen-bond acceptors (Lipinski definition) is 3. The molecular formula is C14H10ClN3O2. The van der Waals surface area contributed by atoms with E-state index in [9.17, 15) is 9.59 Å². The van der Waals surface area contributed by atoms with Crippen molar-refractivity contribution in [2.45, 2.75) is 0 Å². The Bertz CT molecular complexity index is 775. The Morgan fingerprint density at radius 3 is 2.75 bits per heavy atom. The van der Waals surface area contributed by atoms with E-state index in [4.69, 9.17) is 16.9 Å². The molecule has 0 saturated carbocycles. The van der Waals surface area contributed by atoms with Crippen LogP contribution in [0.5, 0.6) is 0 Å². The van der Waals surface area contributed by atoms with E-state index in [2.05, 4.69) is 5.32 Å². The van der Waals surface area contributed by atoms with Gasteiger partial charge in [-0.3, -0.25) is 9.59 Å². The normalized spacial score (nSPS) is 9.85. The van der Waals surface area contributed by atoms with Crippen molar-refractivity contribution in [1.82, 2.24) is 4.57 Å². The Balaban J connectivity index is 2.26. The predicted molar refractivity (Wildman–Crippen MR) is 75.8 cm³/mol. The number of carbonyl (C=O) groups excluding carboxylic acids is 1. The zero-order valence-electron chi connectivity index (χ0n) is 10.6. The Morgan fingerprint density at radius 1 is 1.35 bits per heavy atom. The van der Waals surface area contributed by atoms with Crippen LogP contribution in [0, 0.1) is 11.3 Å². The number of rotatable bonds is 2. The molecule has 1 heterocycles. The fourth-order valence-corrected chi connectivity index (χ4v) is 1.78. The van der Waals surface area contributed by atoms with Crippen LogP contribution in [0.25, 0.3) is 0 Å². The highest BCUT2D eigenvalue weighted by Crippen LogP contribution is 2.17. The van der Waals surface area contributed by atoms with E-state index in [1.54, 1.807) is 7.05 Å². The summed E-state index contributed by atoms with van der Waals surface area (Å²) in [5.41, 5.74) is 0.881. The van der Waals surface area contributed by atoms with Crippen LogP contribution in [-0.4, -0.2) is 10.5 Å². The highest BCUT2D eigenvalue weighted by molar-refractivity contribution is 6.31. The molecule has 0 aliphatic carbocycles.